The monoisotopic (exact) mass is 451 g/mol. The van der Waals surface area contributed by atoms with Gasteiger partial charge in [-0.25, -0.2) is 4.39 Å². The molecule has 1 aromatic carbocycles. The first-order chi connectivity index (χ1) is 13.1. The molecular formula is C20H32Cl2FN3O3. The number of methoxy groups -OCH3 is 1. The quantitative estimate of drug-likeness (QED) is 0.664. The molecule has 0 spiro atoms. The van der Waals surface area contributed by atoms with Gasteiger partial charge in [0.15, 0.2) is 0 Å². The lowest BCUT2D eigenvalue weighted by molar-refractivity contribution is -0.136. The smallest absolute Gasteiger partial charge is 0.228 e. The van der Waals surface area contributed by atoms with Crippen LogP contribution >= 0.6 is 24.8 Å². The number of ether oxygens (including phenoxy) is 2. The maximum atomic E-state index is 13.8. The molecule has 9 heteroatoms. The summed E-state index contributed by atoms with van der Waals surface area (Å²) in [5.41, 5.74) is 0.389. The molecule has 0 saturated carbocycles. The number of piperidine rings is 1. The Kier molecular flexibility index (Phi) is 11.4. The molecule has 0 radical (unpaired) electrons. The first-order valence-electron chi connectivity index (χ1n) is 9.70. The predicted molar refractivity (Wildman–Crippen MR) is 115 cm³/mol. The zero-order valence-electron chi connectivity index (χ0n) is 16.8. The summed E-state index contributed by atoms with van der Waals surface area (Å²) < 4.78 is 24.6. The fraction of sp³-hybridized carbons (Fsp3) is 0.650. The van der Waals surface area contributed by atoms with Crippen LogP contribution in [0.15, 0.2) is 24.3 Å². The normalized spacial score (nSPS) is 20.1. The molecule has 29 heavy (non-hydrogen) atoms. The van der Waals surface area contributed by atoms with Crippen LogP contribution < -0.4 is 10.6 Å². The van der Waals surface area contributed by atoms with Crippen LogP contribution in [0.1, 0.15) is 24.4 Å². The van der Waals surface area contributed by atoms with Crippen LogP contribution in [-0.4, -0.2) is 70.5 Å². The average Bonchev–Trinajstić information content (AvgIpc) is 2.70. The molecule has 2 saturated heterocycles. The maximum absolute atomic E-state index is 13.8. The molecule has 1 amide bonds. The third kappa shape index (κ3) is 6.77. The Balaban J connectivity index is 0.00000210. The van der Waals surface area contributed by atoms with E-state index in [2.05, 4.69) is 15.5 Å². The lowest BCUT2D eigenvalue weighted by atomic mass is 9.78. The molecule has 2 N–H and O–H groups in total. The second-order valence-corrected chi connectivity index (χ2v) is 7.39. The van der Waals surface area contributed by atoms with Crippen molar-refractivity contribution in [3.05, 3.63) is 35.6 Å². The second kappa shape index (κ2) is 12.7. The Labute approximate surface area is 184 Å². The zero-order chi connectivity index (χ0) is 19.1. The van der Waals surface area contributed by atoms with Gasteiger partial charge in [-0.2, -0.15) is 0 Å². The Hall–Kier alpha value is -0.960. The van der Waals surface area contributed by atoms with Crippen molar-refractivity contribution in [1.82, 2.24) is 15.5 Å². The summed E-state index contributed by atoms with van der Waals surface area (Å²) in [6.45, 7) is 5.33. The molecule has 2 aliphatic rings. The highest BCUT2D eigenvalue weighted by molar-refractivity contribution is 5.85. The van der Waals surface area contributed by atoms with E-state index in [9.17, 15) is 9.18 Å². The van der Waals surface area contributed by atoms with Crippen molar-refractivity contribution in [3.8, 4) is 0 Å². The Morgan fingerprint density at radius 2 is 2.00 bits per heavy atom. The number of halogens is 3. The van der Waals surface area contributed by atoms with Crippen molar-refractivity contribution < 1.29 is 18.7 Å². The first kappa shape index (κ1) is 26.1. The van der Waals surface area contributed by atoms with Gasteiger partial charge in [0.05, 0.1) is 31.3 Å². The van der Waals surface area contributed by atoms with Crippen LogP contribution in [0.25, 0.3) is 0 Å². The van der Waals surface area contributed by atoms with Crippen molar-refractivity contribution in [2.75, 3.05) is 59.7 Å². The molecule has 1 unspecified atom stereocenters. The van der Waals surface area contributed by atoms with Crippen molar-refractivity contribution in [3.63, 3.8) is 0 Å². The van der Waals surface area contributed by atoms with E-state index in [0.29, 0.717) is 26.4 Å². The number of hydrogen-bond acceptors (Lipinski definition) is 5. The van der Waals surface area contributed by atoms with Crippen LogP contribution in [0.3, 0.4) is 0 Å². The number of morpholine rings is 1. The van der Waals surface area contributed by atoms with Gasteiger partial charge in [-0.05, 0) is 43.6 Å². The maximum Gasteiger partial charge on any atom is 0.228 e. The SMILES string of the molecule is COCC1(C(=O)NCC(c2cccc(F)c2)N2CCOCC2)CCNCC1.Cl.Cl. The first-order valence-corrected chi connectivity index (χ1v) is 9.70. The van der Waals surface area contributed by atoms with Gasteiger partial charge in [-0.15, -0.1) is 24.8 Å². The van der Waals surface area contributed by atoms with Crippen molar-refractivity contribution in [2.24, 2.45) is 5.41 Å². The number of nitrogens with zero attached hydrogens (tertiary/aromatic N) is 1. The van der Waals surface area contributed by atoms with E-state index in [-0.39, 0.29) is 42.6 Å². The summed E-state index contributed by atoms with van der Waals surface area (Å²) in [4.78, 5) is 15.3. The third-order valence-corrected chi connectivity index (χ3v) is 5.64. The highest BCUT2D eigenvalue weighted by Crippen LogP contribution is 2.30. The summed E-state index contributed by atoms with van der Waals surface area (Å²) in [6.07, 6.45) is 1.52. The number of hydrogen-bond donors (Lipinski definition) is 2. The average molecular weight is 452 g/mol. The van der Waals surface area contributed by atoms with Crippen LogP contribution in [-0.2, 0) is 14.3 Å². The van der Waals surface area contributed by atoms with E-state index in [4.69, 9.17) is 9.47 Å². The largest absolute Gasteiger partial charge is 0.384 e. The number of amides is 1. The molecule has 1 atom stereocenters. The number of nitrogens with one attached hydrogen (secondary N) is 2. The minimum Gasteiger partial charge on any atom is -0.384 e. The highest BCUT2D eigenvalue weighted by Gasteiger charge is 2.40. The van der Waals surface area contributed by atoms with Crippen LogP contribution in [0.2, 0.25) is 0 Å². The summed E-state index contributed by atoms with van der Waals surface area (Å²) in [5.74, 6) is -0.230. The van der Waals surface area contributed by atoms with E-state index >= 15 is 0 Å². The molecule has 2 heterocycles. The van der Waals surface area contributed by atoms with E-state index in [1.54, 1.807) is 19.2 Å². The Bertz CT molecular complexity index is 621. The van der Waals surface area contributed by atoms with Gasteiger partial charge in [0.2, 0.25) is 5.91 Å². The molecular weight excluding hydrogens is 420 g/mol. The number of benzene rings is 1. The number of rotatable bonds is 7. The molecule has 1 aromatic rings. The van der Waals surface area contributed by atoms with Crippen LogP contribution in [0.5, 0.6) is 0 Å². The molecule has 3 rings (SSSR count). The van der Waals surface area contributed by atoms with Crippen LogP contribution in [0.4, 0.5) is 4.39 Å². The Morgan fingerprint density at radius 1 is 1.31 bits per heavy atom. The molecule has 2 aliphatic heterocycles. The molecule has 2 fully saturated rings. The summed E-state index contributed by atoms with van der Waals surface area (Å²) in [7, 11) is 1.64. The minimum atomic E-state index is -0.489. The summed E-state index contributed by atoms with van der Waals surface area (Å²) in [5, 5.41) is 6.44. The lowest BCUT2D eigenvalue weighted by Crippen LogP contribution is -2.52. The summed E-state index contributed by atoms with van der Waals surface area (Å²) >= 11 is 0. The number of carbonyl (C=O) groups excluding carboxylic acids is 1. The van der Waals surface area contributed by atoms with Gasteiger partial charge in [-0.1, -0.05) is 12.1 Å². The van der Waals surface area contributed by atoms with Crippen LogP contribution in [0, 0.1) is 11.2 Å². The molecule has 0 aliphatic carbocycles. The van der Waals surface area contributed by atoms with E-state index < -0.39 is 5.41 Å². The number of carbonyl (C=O) groups is 1. The highest BCUT2D eigenvalue weighted by atomic mass is 35.5. The molecule has 166 valence electrons. The molecule has 0 aromatic heterocycles. The fourth-order valence-corrected chi connectivity index (χ4v) is 4.06. The molecule has 0 bridgehead atoms. The third-order valence-electron chi connectivity index (χ3n) is 5.64. The standard InChI is InChI=1S/C20H30FN3O3.2ClH/c1-26-15-20(5-7-22-8-6-20)19(25)23-14-18(24-9-11-27-12-10-24)16-3-2-4-17(21)13-16;;/h2-4,13,18,22H,5-12,14-15H2,1H3,(H,23,25);2*1H. The Morgan fingerprint density at radius 3 is 2.62 bits per heavy atom. The van der Waals surface area contributed by atoms with Crippen molar-refractivity contribution >= 4 is 30.7 Å². The van der Waals surface area contributed by atoms with Gasteiger partial charge < -0.3 is 20.1 Å². The van der Waals surface area contributed by atoms with Crippen molar-refractivity contribution in [2.45, 2.75) is 18.9 Å². The van der Waals surface area contributed by atoms with Gasteiger partial charge in [0.1, 0.15) is 5.82 Å². The van der Waals surface area contributed by atoms with Gasteiger partial charge >= 0.3 is 0 Å². The van der Waals surface area contributed by atoms with E-state index in [1.165, 1.54) is 6.07 Å². The lowest BCUT2D eigenvalue weighted by Gasteiger charge is -2.38. The zero-order valence-corrected chi connectivity index (χ0v) is 18.5. The minimum absolute atomic E-state index is 0. The van der Waals surface area contributed by atoms with E-state index in [1.807, 2.05) is 6.07 Å². The summed E-state index contributed by atoms with van der Waals surface area (Å²) in [6, 6.07) is 6.57. The van der Waals surface area contributed by atoms with Gasteiger partial charge in [-0.3, -0.25) is 9.69 Å². The van der Waals surface area contributed by atoms with Crippen molar-refractivity contribution in [1.29, 1.82) is 0 Å². The second-order valence-electron chi connectivity index (χ2n) is 7.39. The van der Waals surface area contributed by atoms with Gasteiger partial charge in [0.25, 0.3) is 0 Å². The van der Waals surface area contributed by atoms with E-state index in [0.717, 1.165) is 44.6 Å². The topological polar surface area (TPSA) is 62.8 Å². The molecule has 6 nitrogen and oxygen atoms in total. The van der Waals surface area contributed by atoms with Gasteiger partial charge in [0, 0.05) is 26.7 Å². The fourth-order valence-electron chi connectivity index (χ4n) is 4.06. The predicted octanol–water partition coefficient (Wildman–Crippen LogP) is 2.17.